The lowest BCUT2D eigenvalue weighted by Crippen LogP contribution is -2.17. The largest absolute Gasteiger partial charge is 0.289 e. The third-order valence-electron chi connectivity index (χ3n) is 3.66. The van der Waals surface area contributed by atoms with Crippen LogP contribution >= 0.6 is 22.6 Å². The molecule has 0 radical (unpaired) electrons. The molecular weight excluding hydrogens is 365 g/mol. The van der Waals surface area contributed by atoms with E-state index in [4.69, 9.17) is 5.21 Å². The van der Waals surface area contributed by atoms with Crippen LogP contribution in [0.1, 0.15) is 89.9 Å². The van der Waals surface area contributed by atoms with Gasteiger partial charge in [-0.1, -0.05) is 93.2 Å². The number of hydrogen-bond acceptors (Lipinski definition) is 2. The van der Waals surface area contributed by atoms with E-state index in [1.807, 2.05) is 0 Å². The van der Waals surface area contributed by atoms with E-state index in [0.717, 1.165) is 12.8 Å². The summed E-state index contributed by atoms with van der Waals surface area (Å²) in [7, 11) is 0. The first-order valence-electron chi connectivity index (χ1n) is 8.30. The summed E-state index contributed by atoms with van der Waals surface area (Å²) < 4.78 is 1.31. The first-order valence-corrected chi connectivity index (χ1v) is 9.82. The molecule has 1 amide bonds. The first-order chi connectivity index (χ1) is 9.81. The van der Waals surface area contributed by atoms with Gasteiger partial charge < -0.3 is 0 Å². The molecule has 0 aliphatic carbocycles. The number of nitrogens with one attached hydrogen (secondary N) is 1. The van der Waals surface area contributed by atoms with Crippen molar-refractivity contribution in [2.24, 2.45) is 0 Å². The van der Waals surface area contributed by atoms with Gasteiger partial charge in [0.05, 0.1) is 0 Å². The molecule has 120 valence electrons. The lowest BCUT2D eigenvalue weighted by atomic mass is 10.0. The van der Waals surface area contributed by atoms with Crippen molar-refractivity contribution in [3.63, 3.8) is 0 Å². The van der Waals surface area contributed by atoms with E-state index in [1.165, 1.54) is 75.1 Å². The SMILES string of the molecule is O=C(CCCCCCCCCCCCCCCI)NO. The Morgan fingerprint density at radius 3 is 1.40 bits per heavy atom. The van der Waals surface area contributed by atoms with E-state index >= 15 is 0 Å². The van der Waals surface area contributed by atoms with Gasteiger partial charge in [-0.2, -0.15) is 0 Å². The van der Waals surface area contributed by atoms with Crippen LogP contribution in [0.3, 0.4) is 0 Å². The number of amides is 1. The van der Waals surface area contributed by atoms with E-state index in [9.17, 15) is 4.79 Å². The number of carbonyl (C=O) groups excluding carboxylic acids is 1. The molecule has 0 spiro atoms. The average molecular weight is 397 g/mol. The van der Waals surface area contributed by atoms with Crippen LogP contribution in [0.25, 0.3) is 0 Å². The van der Waals surface area contributed by atoms with Gasteiger partial charge in [-0.05, 0) is 17.3 Å². The number of hydroxylamine groups is 1. The summed E-state index contributed by atoms with van der Waals surface area (Å²) in [4.78, 5) is 10.8. The minimum atomic E-state index is -0.261. The predicted octanol–water partition coefficient (Wildman–Crippen LogP) is 5.39. The highest BCUT2D eigenvalue weighted by Gasteiger charge is 1.98. The maximum Gasteiger partial charge on any atom is 0.243 e. The second-order valence-electron chi connectivity index (χ2n) is 5.57. The van der Waals surface area contributed by atoms with Gasteiger partial charge in [0.25, 0.3) is 0 Å². The highest BCUT2D eigenvalue weighted by Crippen LogP contribution is 2.13. The number of unbranched alkanes of at least 4 members (excludes halogenated alkanes) is 12. The molecule has 2 N–H and O–H groups in total. The summed E-state index contributed by atoms with van der Waals surface area (Å²) >= 11 is 2.46. The molecule has 0 saturated carbocycles. The van der Waals surface area contributed by atoms with Crippen LogP contribution in [-0.4, -0.2) is 15.5 Å². The average Bonchev–Trinajstić information content (AvgIpc) is 2.47. The van der Waals surface area contributed by atoms with Gasteiger partial charge in [0.1, 0.15) is 0 Å². The van der Waals surface area contributed by atoms with Crippen molar-refractivity contribution in [1.29, 1.82) is 0 Å². The van der Waals surface area contributed by atoms with Gasteiger partial charge >= 0.3 is 0 Å². The Kier molecular flexibility index (Phi) is 17.3. The number of halogens is 1. The van der Waals surface area contributed by atoms with Crippen LogP contribution in [0.4, 0.5) is 0 Å². The summed E-state index contributed by atoms with van der Waals surface area (Å²) in [5.41, 5.74) is 1.67. The fraction of sp³-hybridized carbons (Fsp3) is 0.938. The molecule has 0 unspecified atom stereocenters. The number of carbonyl (C=O) groups is 1. The zero-order valence-electron chi connectivity index (χ0n) is 12.8. The Morgan fingerprint density at radius 1 is 0.700 bits per heavy atom. The highest BCUT2D eigenvalue weighted by atomic mass is 127. The molecular formula is C16H32INO2. The van der Waals surface area contributed by atoms with Gasteiger partial charge in [-0.25, -0.2) is 5.48 Å². The van der Waals surface area contributed by atoms with E-state index in [1.54, 1.807) is 5.48 Å². The van der Waals surface area contributed by atoms with E-state index in [2.05, 4.69) is 22.6 Å². The molecule has 0 aliphatic rings. The third kappa shape index (κ3) is 16.2. The minimum absolute atomic E-state index is 0.261. The normalized spacial score (nSPS) is 10.7. The molecule has 0 aromatic carbocycles. The van der Waals surface area contributed by atoms with Crippen LogP contribution < -0.4 is 5.48 Å². The maximum absolute atomic E-state index is 10.8. The van der Waals surface area contributed by atoms with Gasteiger partial charge in [-0.15, -0.1) is 0 Å². The van der Waals surface area contributed by atoms with Crippen molar-refractivity contribution in [2.75, 3.05) is 4.43 Å². The second-order valence-corrected chi connectivity index (χ2v) is 6.65. The molecule has 0 fully saturated rings. The molecule has 0 aromatic rings. The van der Waals surface area contributed by atoms with Crippen molar-refractivity contribution in [2.45, 2.75) is 89.9 Å². The monoisotopic (exact) mass is 397 g/mol. The summed E-state index contributed by atoms with van der Waals surface area (Å²) in [6, 6.07) is 0. The molecule has 0 aliphatic heterocycles. The van der Waals surface area contributed by atoms with E-state index in [0.29, 0.717) is 6.42 Å². The van der Waals surface area contributed by atoms with Crippen LogP contribution in [0.15, 0.2) is 0 Å². The fourth-order valence-electron chi connectivity index (χ4n) is 2.38. The number of hydrogen-bond donors (Lipinski definition) is 2. The minimum Gasteiger partial charge on any atom is -0.289 e. The van der Waals surface area contributed by atoms with Crippen LogP contribution in [0.5, 0.6) is 0 Å². The summed E-state index contributed by atoms with van der Waals surface area (Å²) in [5, 5.41) is 8.34. The molecule has 0 aromatic heterocycles. The molecule has 0 heterocycles. The molecule has 3 nitrogen and oxygen atoms in total. The number of rotatable bonds is 15. The maximum atomic E-state index is 10.8. The molecule has 0 atom stereocenters. The smallest absolute Gasteiger partial charge is 0.243 e. The molecule has 4 heteroatoms. The molecule has 0 saturated heterocycles. The van der Waals surface area contributed by atoms with Crippen molar-refractivity contribution in [3.8, 4) is 0 Å². The molecule has 20 heavy (non-hydrogen) atoms. The third-order valence-corrected chi connectivity index (χ3v) is 4.42. The van der Waals surface area contributed by atoms with Crippen molar-refractivity contribution in [1.82, 2.24) is 5.48 Å². The first kappa shape index (κ1) is 20.2. The lowest BCUT2D eigenvalue weighted by Gasteiger charge is -2.03. The van der Waals surface area contributed by atoms with Crippen molar-refractivity contribution < 1.29 is 10.0 Å². The van der Waals surface area contributed by atoms with Crippen molar-refractivity contribution in [3.05, 3.63) is 0 Å². The standard InChI is InChI=1S/C16H32INO2/c17-15-13-11-9-7-5-3-1-2-4-6-8-10-12-14-16(19)18-20/h20H,1-15H2,(H,18,19). The Bertz CT molecular complexity index is 213. The van der Waals surface area contributed by atoms with E-state index in [-0.39, 0.29) is 5.91 Å². The van der Waals surface area contributed by atoms with Gasteiger partial charge in [0.15, 0.2) is 0 Å². The second kappa shape index (κ2) is 17.2. The van der Waals surface area contributed by atoms with Crippen LogP contribution in [-0.2, 0) is 4.79 Å². The quantitative estimate of drug-likeness (QED) is 0.128. The van der Waals surface area contributed by atoms with E-state index < -0.39 is 0 Å². The fourth-order valence-corrected chi connectivity index (χ4v) is 2.92. The van der Waals surface area contributed by atoms with Crippen LogP contribution in [0.2, 0.25) is 0 Å². The summed E-state index contributed by atoms with van der Waals surface area (Å²) in [6.07, 6.45) is 17.5. The topological polar surface area (TPSA) is 49.3 Å². The summed E-state index contributed by atoms with van der Waals surface area (Å²) in [6.45, 7) is 0. The molecule has 0 rings (SSSR count). The lowest BCUT2D eigenvalue weighted by molar-refractivity contribution is -0.129. The Hall–Kier alpha value is 0.160. The Labute approximate surface area is 138 Å². The van der Waals surface area contributed by atoms with Gasteiger partial charge in [0, 0.05) is 6.42 Å². The van der Waals surface area contributed by atoms with Crippen LogP contribution in [0, 0.1) is 0 Å². The Morgan fingerprint density at radius 2 is 1.05 bits per heavy atom. The zero-order chi connectivity index (χ0) is 14.9. The predicted molar refractivity (Wildman–Crippen MR) is 93.5 cm³/mol. The highest BCUT2D eigenvalue weighted by molar-refractivity contribution is 14.1. The van der Waals surface area contributed by atoms with Gasteiger partial charge in [0.2, 0.25) is 5.91 Å². The Balaban J connectivity index is 2.97. The van der Waals surface area contributed by atoms with Crippen molar-refractivity contribution >= 4 is 28.5 Å². The number of alkyl halides is 1. The summed E-state index contributed by atoms with van der Waals surface area (Å²) in [5.74, 6) is -0.261. The zero-order valence-corrected chi connectivity index (χ0v) is 15.0. The van der Waals surface area contributed by atoms with Gasteiger partial charge in [-0.3, -0.25) is 10.0 Å². The molecule has 0 bridgehead atoms.